The first-order valence-corrected chi connectivity index (χ1v) is 5.71. The summed E-state index contributed by atoms with van der Waals surface area (Å²) in [4.78, 5) is 0. The summed E-state index contributed by atoms with van der Waals surface area (Å²) in [6, 6.07) is 5.83. The quantitative estimate of drug-likeness (QED) is 0.774. The molecule has 0 amide bonds. The molecule has 2 aromatic heterocycles. The summed E-state index contributed by atoms with van der Waals surface area (Å²) in [7, 11) is 0. The van der Waals surface area contributed by atoms with Gasteiger partial charge in [-0.05, 0) is 30.5 Å². The highest BCUT2D eigenvalue weighted by molar-refractivity contribution is 6.32. The van der Waals surface area contributed by atoms with Gasteiger partial charge in [0.15, 0.2) is 0 Å². The largest absolute Gasteiger partial charge is 0.365 e. The summed E-state index contributed by atoms with van der Waals surface area (Å²) in [5.41, 5.74) is 3.03. The number of nitrogens with one attached hydrogen (secondary N) is 1. The Morgan fingerprint density at radius 1 is 1.29 bits per heavy atom. The van der Waals surface area contributed by atoms with Gasteiger partial charge in [-0.1, -0.05) is 16.8 Å². The van der Waals surface area contributed by atoms with Gasteiger partial charge in [-0.2, -0.15) is 5.10 Å². The van der Waals surface area contributed by atoms with Crippen LogP contribution in [0, 0.1) is 0 Å². The van der Waals surface area contributed by atoms with Crippen molar-refractivity contribution in [3.8, 4) is 0 Å². The maximum atomic E-state index is 6.21. The Morgan fingerprint density at radius 2 is 2.24 bits per heavy atom. The van der Waals surface area contributed by atoms with E-state index in [2.05, 4.69) is 15.4 Å². The fraction of sp³-hybridized carbons (Fsp3) is 0.167. The van der Waals surface area contributed by atoms with E-state index >= 15 is 0 Å². The second-order valence-electron chi connectivity index (χ2n) is 3.89. The molecule has 3 rings (SSSR count). The van der Waals surface area contributed by atoms with Crippen LogP contribution < -0.4 is 0 Å². The van der Waals surface area contributed by atoms with Crippen LogP contribution in [0.25, 0.3) is 10.9 Å². The lowest BCUT2D eigenvalue weighted by molar-refractivity contribution is 0.411. The van der Waals surface area contributed by atoms with E-state index in [1.54, 1.807) is 12.5 Å². The fourth-order valence-electron chi connectivity index (χ4n) is 1.83. The van der Waals surface area contributed by atoms with Crippen LogP contribution in [0.4, 0.5) is 0 Å². The van der Waals surface area contributed by atoms with E-state index in [1.165, 1.54) is 0 Å². The number of benzene rings is 1. The highest BCUT2D eigenvalue weighted by atomic mass is 35.5. The molecule has 0 saturated carbocycles. The van der Waals surface area contributed by atoms with E-state index in [0.717, 1.165) is 40.0 Å². The molecule has 0 saturated heterocycles. The molecule has 3 aromatic rings. The molecule has 1 N–H and O–H groups in total. The molecule has 0 bridgehead atoms. The van der Waals surface area contributed by atoms with Crippen molar-refractivity contribution in [2.24, 2.45) is 0 Å². The van der Waals surface area contributed by atoms with Crippen molar-refractivity contribution in [2.75, 3.05) is 0 Å². The number of aryl methyl sites for hydroxylation is 2. The zero-order chi connectivity index (χ0) is 11.7. The molecule has 86 valence electrons. The molecule has 1 aromatic carbocycles. The number of hydrogen-bond donors (Lipinski definition) is 1. The molecule has 0 fully saturated rings. The van der Waals surface area contributed by atoms with Gasteiger partial charge in [-0.3, -0.25) is 5.10 Å². The normalized spacial score (nSPS) is 11.1. The Hall–Kier alpha value is -1.81. The zero-order valence-electron chi connectivity index (χ0n) is 8.98. The molecule has 0 spiro atoms. The third-order valence-corrected chi connectivity index (χ3v) is 3.10. The summed E-state index contributed by atoms with van der Waals surface area (Å²) >= 11 is 6.21. The third kappa shape index (κ3) is 2.03. The third-order valence-electron chi connectivity index (χ3n) is 2.75. The number of rotatable bonds is 3. The lowest BCUT2D eigenvalue weighted by Crippen LogP contribution is -1.92. The zero-order valence-corrected chi connectivity index (χ0v) is 9.74. The van der Waals surface area contributed by atoms with Gasteiger partial charge in [0.25, 0.3) is 0 Å². The molecular weight excluding hydrogens is 238 g/mol. The van der Waals surface area contributed by atoms with E-state index in [1.807, 2.05) is 18.2 Å². The molecule has 0 radical (unpaired) electrons. The van der Waals surface area contributed by atoms with E-state index < -0.39 is 0 Å². The fourth-order valence-corrected chi connectivity index (χ4v) is 2.10. The lowest BCUT2D eigenvalue weighted by Gasteiger charge is -2.02. The van der Waals surface area contributed by atoms with Crippen LogP contribution in [0.5, 0.6) is 0 Å². The minimum Gasteiger partial charge on any atom is -0.365 e. The van der Waals surface area contributed by atoms with Gasteiger partial charge in [-0.15, -0.1) is 0 Å². The van der Waals surface area contributed by atoms with Crippen LogP contribution in [0.1, 0.15) is 11.3 Å². The van der Waals surface area contributed by atoms with Crippen LogP contribution in [0.15, 0.2) is 35.2 Å². The number of H-pyrrole nitrogens is 1. The van der Waals surface area contributed by atoms with Crippen LogP contribution in [0.2, 0.25) is 5.02 Å². The summed E-state index contributed by atoms with van der Waals surface area (Å²) in [6.07, 6.45) is 4.99. The molecule has 4 nitrogen and oxygen atoms in total. The number of aromatic amines is 1. The number of aromatic nitrogens is 3. The Balaban J connectivity index is 1.86. The van der Waals surface area contributed by atoms with Gasteiger partial charge in [-0.25, -0.2) is 0 Å². The summed E-state index contributed by atoms with van der Waals surface area (Å²) in [6.45, 7) is 0. The minimum absolute atomic E-state index is 0.766. The maximum Gasteiger partial charge on any atom is 0.124 e. The second kappa shape index (κ2) is 4.22. The molecule has 0 aliphatic heterocycles. The number of fused-ring (bicyclic) bond motifs is 1. The molecule has 0 aliphatic carbocycles. The van der Waals surface area contributed by atoms with Crippen LogP contribution >= 0.6 is 11.6 Å². The van der Waals surface area contributed by atoms with Gasteiger partial charge in [0, 0.05) is 16.5 Å². The Labute approximate surface area is 103 Å². The number of hydrogen-bond acceptors (Lipinski definition) is 3. The standard InChI is InChI=1S/C12H10ClN3O/c13-11-5-9-7-14-15-12(9)6-8(11)1-2-10-3-4-17-16-10/h3-7H,1-2H2,(H,14,15). The van der Waals surface area contributed by atoms with Gasteiger partial charge in [0.2, 0.25) is 0 Å². The van der Waals surface area contributed by atoms with Crippen molar-refractivity contribution in [3.05, 3.63) is 46.9 Å². The number of nitrogens with zero attached hydrogens (tertiary/aromatic N) is 2. The molecule has 5 heteroatoms. The van der Waals surface area contributed by atoms with E-state index in [9.17, 15) is 0 Å². The highest BCUT2D eigenvalue weighted by Crippen LogP contribution is 2.23. The lowest BCUT2D eigenvalue weighted by atomic mass is 10.1. The van der Waals surface area contributed by atoms with E-state index in [0.29, 0.717) is 0 Å². The van der Waals surface area contributed by atoms with Crippen molar-refractivity contribution in [2.45, 2.75) is 12.8 Å². The number of halogens is 1. The summed E-state index contributed by atoms with van der Waals surface area (Å²) in [5, 5.41) is 12.6. The first kappa shape index (κ1) is 10.4. The molecule has 0 aliphatic rings. The maximum absolute atomic E-state index is 6.21. The second-order valence-corrected chi connectivity index (χ2v) is 4.30. The van der Waals surface area contributed by atoms with Crippen molar-refractivity contribution < 1.29 is 4.52 Å². The average Bonchev–Trinajstić information content (AvgIpc) is 2.95. The Morgan fingerprint density at radius 3 is 3.06 bits per heavy atom. The minimum atomic E-state index is 0.766. The smallest absolute Gasteiger partial charge is 0.124 e. The van der Waals surface area contributed by atoms with Crippen LogP contribution in [-0.2, 0) is 12.8 Å². The predicted octanol–water partition coefficient (Wildman–Crippen LogP) is 2.99. The Bertz CT molecular complexity index is 630. The molecule has 0 unspecified atom stereocenters. The first-order chi connectivity index (χ1) is 8.33. The van der Waals surface area contributed by atoms with Gasteiger partial charge in [0.1, 0.15) is 6.26 Å². The topological polar surface area (TPSA) is 54.7 Å². The monoisotopic (exact) mass is 247 g/mol. The van der Waals surface area contributed by atoms with Crippen molar-refractivity contribution in [1.82, 2.24) is 15.4 Å². The molecule has 17 heavy (non-hydrogen) atoms. The summed E-state index contributed by atoms with van der Waals surface area (Å²) in [5.74, 6) is 0. The van der Waals surface area contributed by atoms with E-state index in [4.69, 9.17) is 16.1 Å². The van der Waals surface area contributed by atoms with Gasteiger partial charge in [0.05, 0.1) is 17.4 Å². The van der Waals surface area contributed by atoms with Crippen molar-refractivity contribution >= 4 is 22.5 Å². The van der Waals surface area contributed by atoms with Gasteiger partial charge >= 0.3 is 0 Å². The van der Waals surface area contributed by atoms with Crippen molar-refractivity contribution in [1.29, 1.82) is 0 Å². The van der Waals surface area contributed by atoms with Crippen LogP contribution in [0.3, 0.4) is 0 Å². The SMILES string of the molecule is Clc1cc2cn[nH]c2cc1CCc1ccon1. The van der Waals surface area contributed by atoms with Crippen molar-refractivity contribution in [3.63, 3.8) is 0 Å². The predicted molar refractivity (Wildman–Crippen MR) is 65.0 cm³/mol. The summed E-state index contributed by atoms with van der Waals surface area (Å²) < 4.78 is 4.79. The highest BCUT2D eigenvalue weighted by Gasteiger charge is 2.06. The Kier molecular flexibility index (Phi) is 2.57. The van der Waals surface area contributed by atoms with Crippen LogP contribution in [-0.4, -0.2) is 15.4 Å². The van der Waals surface area contributed by atoms with Gasteiger partial charge < -0.3 is 4.52 Å². The molecule has 2 heterocycles. The first-order valence-electron chi connectivity index (χ1n) is 5.34. The molecular formula is C12H10ClN3O. The average molecular weight is 248 g/mol. The van der Waals surface area contributed by atoms with E-state index in [-0.39, 0.29) is 0 Å². The molecule has 0 atom stereocenters.